The second kappa shape index (κ2) is 29.0. The molecule has 0 bridgehead atoms. The largest absolute Gasteiger partial charge is 0.464 e. The molecule has 0 saturated carbocycles. The number of benzene rings is 2. The molecule has 0 spiro atoms. The van der Waals surface area contributed by atoms with E-state index in [4.69, 9.17) is 14.2 Å². The molecule has 2 aromatic carbocycles. The summed E-state index contributed by atoms with van der Waals surface area (Å²) in [6.07, 6.45) is 10.1. The maximum atomic E-state index is 13.3. The molecule has 0 saturated heterocycles. The number of esters is 2. The van der Waals surface area contributed by atoms with Crippen molar-refractivity contribution in [1.82, 2.24) is 16.0 Å². The molecule has 3 N–H and O–H groups in total. The molecule has 18 heteroatoms. The molecule has 0 radical (unpaired) electrons. The highest BCUT2D eigenvalue weighted by Gasteiger charge is 2.28. The second-order valence-electron chi connectivity index (χ2n) is 13.5. The Labute approximate surface area is 343 Å². The Morgan fingerprint density at radius 3 is 1.97 bits per heavy atom. The number of thioether (sulfide) groups is 1. The molecule has 58 heavy (non-hydrogen) atoms. The fourth-order valence-electron chi connectivity index (χ4n) is 5.50. The average Bonchev–Trinajstić information content (AvgIpc) is 3.21. The number of unbranched alkanes of at least 4 members (excludes halogenated alkanes) is 10. The van der Waals surface area contributed by atoms with Gasteiger partial charge in [0.05, 0.1) is 34.0 Å². The summed E-state index contributed by atoms with van der Waals surface area (Å²) in [4.78, 5) is 86.2. The van der Waals surface area contributed by atoms with Crippen molar-refractivity contribution >= 4 is 53.0 Å². The number of non-ortho nitro benzene ring substituents is 1. The van der Waals surface area contributed by atoms with Crippen molar-refractivity contribution in [3.05, 3.63) is 74.3 Å². The Hall–Kier alpha value is -5.26. The van der Waals surface area contributed by atoms with Crippen LogP contribution in [-0.2, 0) is 40.0 Å². The summed E-state index contributed by atoms with van der Waals surface area (Å²) >= 11 is 0.788. The monoisotopic (exact) mass is 831 g/mol. The van der Waals surface area contributed by atoms with Crippen LogP contribution < -0.4 is 16.0 Å². The van der Waals surface area contributed by atoms with Crippen molar-refractivity contribution in [2.45, 2.75) is 127 Å². The number of hydrogen-bond acceptors (Lipinski definition) is 13. The van der Waals surface area contributed by atoms with Crippen LogP contribution in [0.2, 0.25) is 0 Å². The number of hydrogen-bond donors (Lipinski definition) is 3. The standard InChI is InChI=1S/C40H57N5O12S/c1-3-5-7-9-11-16-24-55-37(47)27-41-38(48)33(29-58-35-22-20-31(44(51)52)26-34(35)45(53)54)42-36(46)23-21-32(39(49)56-25-17-12-10-8-6-4-2)43-40(50)57-28-30-18-14-13-15-19-30/h13-15,18-20,22,26,32-33H,3-12,16-17,21,23-25,27-29H2,1-2H3,(H,41,48)(H,42,46)(H,43,50)/t32-,33-/m0/s1. The molecule has 0 aliphatic rings. The summed E-state index contributed by atoms with van der Waals surface area (Å²) in [5, 5.41) is 30.4. The minimum absolute atomic E-state index is 0.00705. The van der Waals surface area contributed by atoms with Gasteiger partial charge in [-0.25, -0.2) is 9.59 Å². The van der Waals surface area contributed by atoms with Crippen LogP contribution in [0.5, 0.6) is 0 Å². The van der Waals surface area contributed by atoms with E-state index in [0.29, 0.717) is 18.4 Å². The molecule has 0 aliphatic carbocycles. The van der Waals surface area contributed by atoms with E-state index in [-0.39, 0.29) is 43.3 Å². The molecule has 2 atom stereocenters. The van der Waals surface area contributed by atoms with Gasteiger partial charge in [-0.1, -0.05) is 108 Å². The number of nitro groups is 2. The van der Waals surface area contributed by atoms with E-state index >= 15 is 0 Å². The Kier molecular flexibility index (Phi) is 24.5. The third kappa shape index (κ3) is 20.8. The zero-order chi connectivity index (χ0) is 42.5. The third-order valence-electron chi connectivity index (χ3n) is 8.77. The highest BCUT2D eigenvalue weighted by Crippen LogP contribution is 2.33. The number of nitrogens with one attached hydrogen (secondary N) is 3. The molecule has 0 aliphatic heterocycles. The number of nitrogens with zero attached hydrogens (tertiary/aromatic N) is 2. The summed E-state index contributed by atoms with van der Waals surface area (Å²) < 4.78 is 15.9. The van der Waals surface area contributed by atoms with Gasteiger partial charge in [0.25, 0.3) is 11.4 Å². The minimum atomic E-state index is -1.36. The quantitative estimate of drug-likeness (QED) is 0.0178. The van der Waals surface area contributed by atoms with Crippen molar-refractivity contribution in [2.75, 3.05) is 25.5 Å². The van der Waals surface area contributed by atoms with Gasteiger partial charge < -0.3 is 30.2 Å². The van der Waals surface area contributed by atoms with Crippen LogP contribution in [0.1, 0.15) is 109 Å². The number of nitro benzene ring substituents is 2. The molecule has 320 valence electrons. The normalized spacial score (nSPS) is 11.8. The lowest BCUT2D eigenvalue weighted by atomic mass is 10.1. The number of ether oxygens (including phenoxy) is 3. The molecule has 0 unspecified atom stereocenters. The van der Waals surface area contributed by atoms with E-state index in [0.717, 1.165) is 88.1 Å². The lowest BCUT2D eigenvalue weighted by Gasteiger charge is -2.20. The van der Waals surface area contributed by atoms with Crippen LogP contribution in [0.15, 0.2) is 53.4 Å². The number of rotatable bonds is 30. The third-order valence-corrected chi connectivity index (χ3v) is 9.92. The second-order valence-corrected chi connectivity index (χ2v) is 14.6. The van der Waals surface area contributed by atoms with Crippen LogP contribution in [0, 0.1) is 20.2 Å². The van der Waals surface area contributed by atoms with Crippen LogP contribution in [0.4, 0.5) is 16.2 Å². The average molecular weight is 832 g/mol. The molecule has 0 heterocycles. The van der Waals surface area contributed by atoms with E-state index < -0.39 is 69.7 Å². The van der Waals surface area contributed by atoms with Gasteiger partial charge >= 0.3 is 18.0 Å². The van der Waals surface area contributed by atoms with E-state index in [1.165, 1.54) is 6.07 Å². The summed E-state index contributed by atoms with van der Waals surface area (Å²) in [6.45, 7) is 3.94. The Morgan fingerprint density at radius 2 is 1.34 bits per heavy atom. The van der Waals surface area contributed by atoms with Gasteiger partial charge in [0.1, 0.15) is 25.2 Å². The molecule has 2 aromatic rings. The Balaban J connectivity index is 2.12. The van der Waals surface area contributed by atoms with Gasteiger partial charge in [0.15, 0.2) is 0 Å². The molecule has 0 aromatic heterocycles. The first-order valence-electron chi connectivity index (χ1n) is 19.9. The maximum absolute atomic E-state index is 13.3. The zero-order valence-corrected chi connectivity index (χ0v) is 34.2. The first kappa shape index (κ1) is 48.9. The number of amides is 3. The smallest absolute Gasteiger partial charge is 0.408 e. The molecule has 3 amide bonds. The Morgan fingerprint density at radius 1 is 0.724 bits per heavy atom. The Bertz CT molecular complexity index is 1610. The van der Waals surface area contributed by atoms with Gasteiger partial charge in [0, 0.05) is 18.2 Å². The summed E-state index contributed by atoms with van der Waals surface area (Å²) in [7, 11) is 0. The van der Waals surface area contributed by atoms with Gasteiger partial charge in [-0.05, 0) is 30.9 Å². The fraction of sp³-hybridized carbons (Fsp3) is 0.575. The van der Waals surface area contributed by atoms with Crippen molar-refractivity contribution < 1.29 is 48.0 Å². The molecular formula is C40H57N5O12S. The summed E-state index contributed by atoms with van der Waals surface area (Å²) in [5.41, 5.74) is -0.363. The molecule has 17 nitrogen and oxygen atoms in total. The lowest BCUT2D eigenvalue weighted by molar-refractivity contribution is -0.396. The van der Waals surface area contributed by atoms with Crippen molar-refractivity contribution in [2.24, 2.45) is 0 Å². The van der Waals surface area contributed by atoms with Gasteiger partial charge in [-0.3, -0.25) is 34.6 Å². The van der Waals surface area contributed by atoms with Gasteiger partial charge in [0.2, 0.25) is 11.8 Å². The SMILES string of the molecule is CCCCCCCCOC(=O)CNC(=O)[C@H](CSc1ccc([N+](=O)[O-])cc1[N+](=O)[O-])NC(=O)CC[C@H](NC(=O)OCc1ccccc1)C(=O)OCCCCCCCC. The number of carbonyl (C=O) groups is 5. The van der Waals surface area contributed by atoms with Crippen molar-refractivity contribution in [1.29, 1.82) is 0 Å². The summed E-state index contributed by atoms with van der Waals surface area (Å²) in [6, 6.07) is 9.28. The lowest BCUT2D eigenvalue weighted by Crippen LogP contribution is -2.50. The summed E-state index contributed by atoms with van der Waals surface area (Å²) in [5.74, 6) is -3.28. The first-order valence-corrected chi connectivity index (χ1v) is 20.9. The first-order chi connectivity index (χ1) is 27.9. The fourth-order valence-corrected chi connectivity index (χ4v) is 6.52. The van der Waals surface area contributed by atoms with E-state index in [1.807, 2.05) is 6.07 Å². The minimum Gasteiger partial charge on any atom is -0.464 e. The number of carbonyl (C=O) groups excluding carboxylic acids is 5. The van der Waals surface area contributed by atoms with Crippen molar-refractivity contribution in [3.63, 3.8) is 0 Å². The molecule has 0 fully saturated rings. The van der Waals surface area contributed by atoms with Gasteiger partial charge in [-0.2, -0.15) is 0 Å². The number of alkyl carbamates (subject to hydrolysis) is 1. The predicted molar refractivity (Wildman–Crippen MR) is 217 cm³/mol. The van der Waals surface area contributed by atoms with Crippen LogP contribution in [0.3, 0.4) is 0 Å². The predicted octanol–water partition coefficient (Wildman–Crippen LogP) is 7.08. The highest BCUT2D eigenvalue weighted by atomic mass is 32.2. The highest BCUT2D eigenvalue weighted by molar-refractivity contribution is 7.99. The topological polar surface area (TPSA) is 235 Å². The maximum Gasteiger partial charge on any atom is 0.408 e. The zero-order valence-electron chi connectivity index (χ0n) is 33.4. The molecular weight excluding hydrogens is 775 g/mol. The van der Waals surface area contributed by atoms with E-state index in [1.54, 1.807) is 24.3 Å². The van der Waals surface area contributed by atoms with E-state index in [9.17, 15) is 44.2 Å². The van der Waals surface area contributed by atoms with Gasteiger partial charge in [-0.15, -0.1) is 11.8 Å². The van der Waals surface area contributed by atoms with Crippen LogP contribution in [-0.4, -0.2) is 77.3 Å². The van der Waals surface area contributed by atoms with Crippen LogP contribution in [0.25, 0.3) is 0 Å². The molecule has 2 rings (SSSR count). The van der Waals surface area contributed by atoms with Crippen molar-refractivity contribution in [3.8, 4) is 0 Å². The van der Waals surface area contributed by atoms with E-state index in [2.05, 4.69) is 29.8 Å². The van der Waals surface area contributed by atoms with Crippen LogP contribution >= 0.6 is 11.8 Å².